The van der Waals surface area contributed by atoms with Gasteiger partial charge in [0.25, 0.3) is 0 Å². The molecule has 0 N–H and O–H groups in total. The first-order valence-corrected chi connectivity index (χ1v) is 11.3. The summed E-state index contributed by atoms with van der Waals surface area (Å²) in [5.74, 6) is -11.4. The molecule has 0 spiro atoms. The molecule has 234 valence electrons. The number of alkyl halides is 12. The molecular weight excluding hydrogens is 657 g/mol. The average molecular weight is 660 g/mol. The van der Waals surface area contributed by atoms with E-state index in [4.69, 9.17) is 5.26 Å². The van der Waals surface area contributed by atoms with Crippen LogP contribution in [0.1, 0.15) is 22.3 Å². The Morgan fingerprint density at radius 1 is 0.511 bits per heavy atom. The molecule has 0 unspecified atom stereocenters. The van der Waals surface area contributed by atoms with Crippen LogP contribution in [0.5, 0.6) is 11.5 Å². The molecule has 0 aromatic heterocycles. The van der Waals surface area contributed by atoms with Crippen molar-refractivity contribution in [3.63, 3.8) is 0 Å². The highest BCUT2D eigenvalue weighted by Gasteiger charge is 2.46. The molecule has 0 amide bonds. The number of halogens is 15. The summed E-state index contributed by atoms with van der Waals surface area (Å²) in [6, 6.07) is 1.53. The van der Waals surface area contributed by atoms with Gasteiger partial charge in [0.1, 0.15) is 29.2 Å². The molecule has 0 atom stereocenters. The van der Waals surface area contributed by atoms with Gasteiger partial charge in [0.15, 0.2) is 17.5 Å². The number of rotatable bonds is 2. The van der Waals surface area contributed by atoms with Crippen LogP contribution in [0.25, 0.3) is 43.8 Å². The summed E-state index contributed by atoms with van der Waals surface area (Å²) < 4.78 is 216. The van der Waals surface area contributed by atoms with Crippen LogP contribution in [-0.4, -0.2) is 12.7 Å². The van der Waals surface area contributed by atoms with E-state index in [0.717, 1.165) is 6.07 Å². The van der Waals surface area contributed by atoms with Crippen LogP contribution in [0.4, 0.5) is 65.9 Å². The van der Waals surface area contributed by atoms with Crippen molar-refractivity contribution in [3.05, 3.63) is 57.9 Å². The fourth-order valence-corrected chi connectivity index (χ4v) is 5.11. The first-order chi connectivity index (χ1) is 20.5. The third-order valence-electron chi connectivity index (χ3n) is 6.56. The van der Waals surface area contributed by atoms with Crippen LogP contribution < -0.4 is 9.47 Å². The van der Waals surface area contributed by atoms with E-state index in [9.17, 15) is 62.3 Å². The van der Waals surface area contributed by atoms with Crippen molar-refractivity contribution in [3.8, 4) is 45.9 Å². The van der Waals surface area contributed by atoms with Crippen LogP contribution in [-0.2, 0) is 12.4 Å². The fourth-order valence-electron chi connectivity index (χ4n) is 5.11. The summed E-state index contributed by atoms with van der Waals surface area (Å²) in [6.45, 7) is 0. The van der Waals surface area contributed by atoms with Crippen LogP contribution in [0.2, 0.25) is 0 Å². The third-order valence-corrected chi connectivity index (χ3v) is 6.56. The minimum atomic E-state index is -6.04. The quantitative estimate of drug-likeness (QED) is 0.108. The zero-order valence-corrected chi connectivity index (χ0v) is 20.6. The topological polar surface area (TPSA) is 66.0 Å². The van der Waals surface area contributed by atoms with Gasteiger partial charge >= 0.3 is 25.1 Å². The minimum Gasteiger partial charge on any atom is -0.405 e. The number of hydrogen-bond acceptors (Lipinski definition) is 4. The Balaban J connectivity index is 2.19. The number of nitriles is 2. The standard InChI is InChI=1S/C26H3F15N2O2/c27-19-10(5-43)20(28)21(29)16-9(4-42)14-8-3-13(44-25(36,37)38)11(23(30,31)32)1-6(8)7-2-12(24(33,34)35)22(45-26(39,40)41)18(15(7)14)17(16)19/h1-3H. The molecule has 4 aromatic carbocycles. The molecule has 19 heteroatoms. The van der Waals surface area contributed by atoms with Crippen molar-refractivity contribution < 1.29 is 75.3 Å². The van der Waals surface area contributed by atoms with Gasteiger partial charge in [0, 0.05) is 27.1 Å². The predicted octanol–water partition coefficient (Wildman–Crippen LogP) is 9.64. The van der Waals surface area contributed by atoms with E-state index in [1.165, 1.54) is 6.07 Å². The highest BCUT2D eigenvalue weighted by atomic mass is 19.4. The summed E-state index contributed by atoms with van der Waals surface area (Å²) in [6.07, 6.45) is -23.5. The molecule has 5 rings (SSSR count). The van der Waals surface area contributed by atoms with Crippen LogP contribution in [0.3, 0.4) is 0 Å². The van der Waals surface area contributed by atoms with Crippen molar-refractivity contribution in [2.75, 3.05) is 0 Å². The maximum Gasteiger partial charge on any atom is 0.573 e. The predicted molar refractivity (Wildman–Crippen MR) is 119 cm³/mol. The zero-order valence-electron chi connectivity index (χ0n) is 20.6. The Kier molecular flexibility index (Phi) is 6.59. The minimum absolute atomic E-state index is 0.0844. The second kappa shape index (κ2) is 9.46. The second-order valence-corrected chi connectivity index (χ2v) is 9.08. The Morgan fingerprint density at radius 2 is 1.04 bits per heavy atom. The first kappa shape index (κ1) is 31.4. The van der Waals surface area contributed by atoms with E-state index in [0.29, 0.717) is 0 Å². The van der Waals surface area contributed by atoms with Crippen LogP contribution in [0.15, 0.2) is 18.2 Å². The smallest absolute Gasteiger partial charge is 0.405 e. The molecule has 4 nitrogen and oxygen atoms in total. The molecule has 0 heterocycles. The van der Waals surface area contributed by atoms with Crippen LogP contribution in [0, 0.1) is 40.1 Å². The van der Waals surface area contributed by atoms with Gasteiger partial charge < -0.3 is 9.47 Å². The van der Waals surface area contributed by atoms with Crippen LogP contribution >= 0.6 is 0 Å². The Bertz CT molecular complexity index is 2060. The van der Waals surface area contributed by atoms with E-state index in [-0.39, 0.29) is 18.2 Å². The molecule has 0 fully saturated rings. The average Bonchev–Trinajstić information content (AvgIpc) is 3.18. The molecule has 0 saturated heterocycles. The number of ether oxygens (including phenoxy) is 2. The largest absolute Gasteiger partial charge is 0.573 e. The Labute approximate surface area is 237 Å². The Morgan fingerprint density at radius 3 is 1.53 bits per heavy atom. The summed E-state index contributed by atoms with van der Waals surface area (Å²) in [5.41, 5.74) is -12.4. The van der Waals surface area contributed by atoms with Gasteiger partial charge in [-0.15, -0.1) is 26.3 Å². The lowest BCUT2D eigenvalue weighted by Crippen LogP contribution is -2.21. The van der Waals surface area contributed by atoms with Gasteiger partial charge in [0.2, 0.25) is 0 Å². The van der Waals surface area contributed by atoms with Gasteiger partial charge in [-0.25, -0.2) is 13.2 Å². The van der Waals surface area contributed by atoms with E-state index in [1.807, 2.05) is 0 Å². The molecule has 1 aliphatic carbocycles. The number of hydrogen-bond donors (Lipinski definition) is 0. The lowest BCUT2D eigenvalue weighted by Gasteiger charge is -2.21. The van der Waals surface area contributed by atoms with E-state index in [1.54, 1.807) is 0 Å². The number of nitrogens with zero attached hydrogens (tertiary/aromatic N) is 2. The molecule has 0 aliphatic heterocycles. The summed E-state index contributed by atoms with van der Waals surface area (Å²) in [7, 11) is 0. The van der Waals surface area contributed by atoms with Gasteiger partial charge in [-0.05, 0) is 34.9 Å². The second-order valence-electron chi connectivity index (χ2n) is 9.08. The SMILES string of the molecule is N#Cc1c(F)c(F)c2c(C#N)c3c4c(cc(C(F)(F)F)c(OC(F)(F)F)c4c2c1F)-c1cc(C(F)(F)F)c(OC(F)(F)F)cc1-3. The van der Waals surface area contributed by atoms with Gasteiger partial charge in [-0.2, -0.15) is 36.9 Å². The van der Waals surface area contributed by atoms with Crippen molar-refractivity contribution in [1.82, 2.24) is 0 Å². The lowest BCUT2D eigenvalue weighted by molar-refractivity contribution is -0.277. The summed E-state index contributed by atoms with van der Waals surface area (Å²) >= 11 is 0. The highest BCUT2D eigenvalue weighted by Crippen LogP contribution is 2.59. The Hall–Kier alpha value is -5.07. The van der Waals surface area contributed by atoms with Crippen molar-refractivity contribution in [1.29, 1.82) is 10.5 Å². The normalized spacial score (nSPS) is 13.2. The lowest BCUT2D eigenvalue weighted by atomic mass is 9.88. The fraction of sp³-hybridized carbons (Fsp3) is 0.154. The maximum atomic E-state index is 15.6. The van der Waals surface area contributed by atoms with E-state index >= 15 is 8.78 Å². The molecule has 45 heavy (non-hydrogen) atoms. The monoisotopic (exact) mass is 660 g/mol. The molecule has 0 bridgehead atoms. The maximum absolute atomic E-state index is 15.6. The molecular formula is C26H3F15N2O2. The molecule has 0 radical (unpaired) electrons. The first-order valence-electron chi connectivity index (χ1n) is 11.3. The van der Waals surface area contributed by atoms with Crippen molar-refractivity contribution in [2.45, 2.75) is 25.1 Å². The molecule has 1 aliphatic rings. The van der Waals surface area contributed by atoms with Crippen molar-refractivity contribution >= 4 is 21.5 Å². The van der Waals surface area contributed by atoms with Crippen molar-refractivity contribution in [2.24, 2.45) is 0 Å². The van der Waals surface area contributed by atoms with E-state index < -0.39 is 120 Å². The summed E-state index contributed by atoms with van der Waals surface area (Å²) in [4.78, 5) is 0. The zero-order chi connectivity index (χ0) is 33.8. The molecule has 4 aromatic rings. The van der Waals surface area contributed by atoms with Gasteiger partial charge in [-0.3, -0.25) is 0 Å². The molecule has 0 saturated carbocycles. The van der Waals surface area contributed by atoms with Gasteiger partial charge in [-0.1, -0.05) is 0 Å². The van der Waals surface area contributed by atoms with Gasteiger partial charge in [0.05, 0.1) is 16.7 Å². The summed E-state index contributed by atoms with van der Waals surface area (Å²) in [5, 5.41) is 12.7. The third kappa shape index (κ3) is 4.82. The number of benzene rings is 4. The van der Waals surface area contributed by atoms with E-state index in [2.05, 4.69) is 9.47 Å². The highest BCUT2D eigenvalue weighted by molar-refractivity contribution is 6.28. The number of fused-ring (bicyclic) bond motifs is 5.